The van der Waals surface area contributed by atoms with Crippen LogP contribution in [-0.4, -0.2) is 39.7 Å². The number of rotatable bonds is 8. The smallest absolute Gasteiger partial charge is 0.333 e. The molecule has 3 aromatic carbocycles. The quantitative estimate of drug-likeness (QED) is 0.269. The second-order valence-corrected chi connectivity index (χ2v) is 10.1. The van der Waals surface area contributed by atoms with Crippen molar-refractivity contribution in [3.05, 3.63) is 124 Å². The Balaban J connectivity index is 1.27. The average molecular weight is 528 g/mol. The summed E-state index contributed by atoms with van der Waals surface area (Å²) < 4.78 is 22.3. The number of aromatic nitrogens is 2. The molecule has 1 aliphatic heterocycles. The lowest BCUT2D eigenvalue weighted by molar-refractivity contribution is -0.150. The zero-order valence-corrected chi connectivity index (χ0v) is 22.4. The number of benzene rings is 3. The van der Waals surface area contributed by atoms with Gasteiger partial charge < -0.3 is 4.74 Å². The third-order valence-corrected chi connectivity index (χ3v) is 7.71. The number of halogens is 1. The molecular weight excluding hydrogens is 493 g/mol. The van der Waals surface area contributed by atoms with Crippen LogP contribution in [0.1, 0.15) is 61.4 Å². The van der Waals surface area contributed by atoms with E-state index >= 15 is 0 Å². The molecule has 0 aliphatic carbocycles. The predicted molar refractivity (Wildman–Crippen MR) is 150 cm³/mol. The molecule has 4 aromatic rings. The van der Waals surface area contributed by atoms with Gasteiger partial charge in [0.25, 0.3) is 0 Å². The zero-order chi connectivity index (χ0) is 27.4. The number of ether oxygens (including phenoxy) is 1. The van der Waals surface area contributed by atoms with Crippen molar-refractivity contribution in [1.82, 2.24) is 14.0 Å². The van der Waals surface area contributed by atoms with Crippen LogP contribution in [0.3, 0.4) is 0 Å². The van der Waals surface area contributed by atoms with Crippen molar-refractivity contribution in [3.63, 3.8) is 0 Å². The summed E-state index contributed by atoms with van der Waals surface area (Å²) in [5.74, 6) is -0.136. The summed E-state index contributed by atoms with van der Waals surface area (Å²) in [7, 11) is 0. The summed E-state index contributed by atoms with van der Waals surface area (Å²) in [4.78, 5) is 28.2. The van der Waals surface area contributed by atoms with Crippen LogP contribution in [0.5, 0.6) is 0 Å². The Hall–Kier alpha value is -3.97. The molecule has 5 rings (SSSR count). The maximum Gasteiger partial charge on any atom is 0.333 e. The number of esters is 1. The summed E-state index contributed by atoms with van der Waals surface area (Å²) in [5.41, 5.74) is 3.56. The molecule has 0 saturated carbocycles. The van der Waals surface area contributed by atoms with E-state index < -0.39 is 0 Å². The minimum Gasteiger partial charge on any atom is -0.465 e. The van der Waals surface area contributed by atoms with E-state index in [1.807, 2.05) is 62.4 Å². The number of carbonyl (C=O) groups excluding carboxylic acids is 1. The van der Waals surface area contributed by atoms with Crippen molar-refractivity contribution in [2.45, 2.75) is 44.7 Å². The highest BCUT2D eigenvalue weighted by Gasteiger charge is 2.32. The van der Waals surface area contributed by atoms with Crippen molar-refractivity contribution in [1.29, 1.82) is 0 Å². The largest absolute Gasteiger partial charge is 0.465 e. The van der Waals surface area contributed by atoms with Crippen molar-refractivity contribution in [2.24, 2.45) is 0 Å². The summed E-state index contributed by atoms with van der Waals surface area (Å²) in [6, 6.07) is 23.7. The predicted octanol–water partition coefficient (Wildman–Crippen LogP) is 5.87. The molecular formula is C32H34FN3O3. The van der Waals surface area contributed by atoms with Gasteiger partial charge in [-0.3, -0.25) is 14.0 Å². The first-order valence-corrected chi connectivity index (χ1v) is 13.6. The first-order valence-electron chi connectivity index (χ1n) is 13.6. The lowest BCUT2D eigenvalue weighted by atomic mass is 9.88. The van der Waals surface area contributed by atoms with Gasteiger partial charge in [0.15, 0.2) is 0 Å². The summed E-state index contributed by atoms with van der Waals surface area (Å²) in [6.07, 6.45) is 5.37. The number of piperidine rings is 1. The van der Waals surface area contributed by atoms with Crippen molar-refractivity contribution < 1.29 is 13.9 Å². The Morgan fingerprint density at radius 1 is 0.949 bits per heavy atom. The maximum absolute atomic E-state index is 13.7. The van der Waals surface area contributed by atoms with Gasteiger partial charge in [-0.25, -0.2) is 14.0 Å². The highest BCUT2D eigenvalue weighted by Crippen LogP contribution is 2.33. The van der Waals surface area contributed by atoms with E-state index in [-0.39, 0.29) is 29.6 Å². The van der Waals surface area contributed by atoms with Gasteiger partial charge in [0.2, 0.25) is 0 Å². The topological polar surface area (TPSA) is 56.5 Å². The fraction of sp³-hybridized carbons (Fsp3) is 0.312. The van der Waals surface area contributed by atoms with Gasteiger partial charge in [0.05, 0.1) is 18.3 Å². The molecule has 1 aliphatic rings. The second kappa shape index (κ2) is 11.8. The zero-order valence-electron chi connectivity index (χ0n) is 22.4. The molecule has 1 fully saturated rings. The molecule has 202 valence electrons. The van der Waals surface area contributed by atoms with Gasteiger partial charge in [-0.1, -0.05) is 54.6 Å². The number of hydrogen-bond donors (Lipinski definition) is 0. The van der Waals surface area contributed by atoms with Gasteiger partial charge in [0.1, 0.15) is 11.9 Å². The van der Waals surface area contributed by atoms with Crippen LogP contribution >= 0.6 is 0 Å². The number of hydrogen-bond acceptors (Lipinski definition) is 4. The van der Waals surface area contributed by atoms with Crippen LogP contribution in [0.25, 0.3) is 5.69 Å². The summed E-state index contributed by atoms with van der Waals surface area (Å²) >= 11 is 0. The van der Waals surface area contributed by atoms with E-state index in [1.165, 1.54) is 17.7 Å². The Labute approximate surface area is 228 Å². The molecule has 0 radical (unpaired) electrons. The number of nitrogens with zero attached hydrogens (tertiary/aromatic N) is 3. The van der Waals surface area contributed by atoms with E-state index in [0.717, 1.165) is 42.7 Å². The van der Waals surface area contributed by atoms with E-state index in [2.05, 4.69) is 17.0 Å². The van der Waals surface area contributed by atoms with Gasteiger partial charge in [-0.05, 0) is 86.7 Å². The Morgan fingerprint density at radius 3 is 2.31 bits per heavy atom. The minimum absolute atomic E-state index is 0.168. The van der Waals surface area contributed by atoms with Crippen LogP contribution in [-0.2, 0) is 9.53 Å². The number of carbonyl (C=O) groups is 1. The molecule has 2 atom stereocenters. The first-order chi connectivity index (χ1) is 19.0. The second-order valence-electron chi connectivity index (χ2n) is 10.1. The van der Waals surface area contributed by atoms with Crippen LogP contribution in [0.4, 0.5) is 4.39 Å². The SMILES string of the molecule is CCOC(=O)C(c1ccccc1)N1CCC(c2ccc(-n3ccn(C(C)c4cccc(F)c4)c3=O)cc2)CC1. The molecule has 2 unspecified atom stereocenters. The molecule has 0 spiro atoms. The molecule has 39 heavy (non-hydrogen) atoms. The fourth-order valence-electron chi connectivity index (χ4n) is 5.56. The summed E-state index contributed by atoms with van der Waals surface area (Å²) in [6.45, 7) is 5.68. The monoisotopic (exact) mass is 527 g/mol. The fourth-order valence-corrected chi connectivity index (χ4v) is 5.56. The Bertz CT molecular complexity index is 1450. The lowest BCUT2D eigenvalue weighted by Crippen LogP contribution is -2.40. The standard InChI is InChI=1S/C32H34FN3O3/c1-3-39-31(37)30(26-8-5-4-6-9-26)34-18-16-25(17-19-34)24-12-14-29(15-13-24)36-21-20-35(32(36)38)23(2)27-10-7-11-28(33)22-27/h4-15,20-23,25,30H,3,16-19H2,1-2H3. The van der Waals surface area contributed by atoms with Crippen LogP contribution < -0.4 is 5.69 Å². The van der Waals surface area contributed by atoms with Crippen molar-refractivity contribution in [2.75, 3.05) is 19.7 Å². The third-order valence-electron chi connectivity index (χ3n) is 7.71. The Kier molecular flexibility index (Phi) is 8.07. The highest BCUT2D eigenvalue weighted by molar-refractivity contribution is 5.77. The number of likely N-dealkylation sites (tertiary alicyclic amines) is 1. The molecule has 1 saturated heterocycles. The molecule has 0 bridgehead atoms. The third kappa shape index (κ3) is 5.73. The first kappa shape index (κ1) is 26.6. The Morgan fingerprint density at radius 2 is 1.64 bits per heavy atom. The van der Waals surface area contributed by atoms with E-state index in [0.29, 0.717) is 12.5 Å². The normalized spacial score (nSPS) is 16.1. The van der Waals surface area contributed by atoms with E-state index in [4.69, 9.17) is 4.74 Å². The molecule has 1 aromatic heterocycles. The minimum atomic E-state index is -0.389. The maximum atomic E-state index is 13.7. The van der Waals surface area contributed by atoms with Gasteiger partial charge >= 0.3 is 11.7 Å². The van der Waals surface area contributed by atoms with Crippen LogP contribution in [0, 0.1) is 5.82 Å². The van der Waals surface area contributed by atoms with Gasteiger partial charge in [-0.15, -0.1) is 0 Å². The number of imidazole rings is 1. The average Bonchev–Trinajstić information content (AvgIpc) is 3.35. The van der Waals surface area contributed by atoms with Crippen molar-refractivity contribution in [3.8, 4) is 5.69 Å². The molecule has 6 nitrogen and oxygen atoms in total. The molecule has 2 heterocycles. The molecule has 0 N–H and O–H groups in total. The highest BCUT2D eigenvalue weighted by atomic mass is 19.1. The van der Waals surface area contributed by atoms with Gasteiger partial charge in [-0.2, -0.15) is 0 Å². The van der Waals surface area contributed by atoms with E-state index in [9.17, 15) is 14.0 Å². The van der Waals surface area contributed by atoms with E-state index in [1.54, 1.807) is 27.6 Å². The van der Waals surface area contributed by atoms with Gasteiger partial charge in [0, 0.05) is 12.4 Å². The van der Waals surface area contributed by atoms with Crippen LogP contribution in [0.15, 0.2) is 96.1 Å². The molecule has 0 amide bonds. The van der Waals surface area contributed by atoms with Crippen molar-refractivity contribution >= 4 is 5.97 Å². The molecule has 7 heteroatoms. The lowest BCUT2D eigenvalue weighted by Gasteiger charge is -2.36. The van der Waals surface area contributed by atoms with Crippen LogP contribution in [0.2, 0.25) is 0 Å². The summed E-state index contributed by atoms with van der Waals surface area (Å²) in [5, 5.41) is 0.